The third-order valence-corrected chi connectivity index (χ3v) is 8.95. The van der Waals surface area contributed by atoms with Crippen molar-refractivity contribution in [3.63, 3.8) is 0 Å². The molecule has 3 unspecified atom stereocenters. The molecule has 0 bridgehead atoms. The first-order valence-corrected chi connectivity index (χ1v) is 13.5. The van der Waals surface area contributed by atoms with Crippen LogP contribution in [0, 0.1) is 12.8 Å². The monoisotopic (exact) mass is 469 g/mol. The Kier molecular flexibility index (Phi) is 6.21. The van der Waals surface area contributed by atoms with Crippen molar-refractivity contribution in [3.05, 3.63) is 69.1 Å². The Hall–Kier alpha value is -2.72. The molecular formula is C31H39N3O. The van der Waals surface area contributed by atoms with Gasteiger partial charge in [-0.25, -0.2) is 4.98 Å². The van der Waals surface area contributed by atoms with Crippen LogP contribution in [0.3, 0.4) is 0 Å². The molecule has 3 heterocycles. The first kappa shape index (κ1) is 24.0. The molecule has 0 spiro atoms. The average molecular weight is 470 g/mol. The van der Waals surface area contributed by atoms with Crippen LogP contribution in [0.5, 0.6) is 0 Å². The number of fused-ring (bicyclic) bond motifs is 4. The number of nitrogens with two attached hydrogens (primary N) is 1. The first-order chi connectivity index (χ1) is 16.9. The molecular weight excluding hydrogens is 430 g/mol. The Morgan fingerprint density at radius 3 is 2.66 bits per heavy atom. The first-order valence-electron chi connectivity index (χ1n) is 13.5. The van der Waals surface area contributed by atoms with Gasteiger partial charge in [-0.1, -0.05) is 34.3 Å². The van der Waals surface area contributed by atoms with Crippen molar-refractivity contribution in [2.75, 3.05) is 6.54 Å². The number of rotatable bonds is 7. The van der Waals surface area contributed by atoms with Crippen molar-refractivity contribution in [2.24, 2.45) is 11.7 Å². The van der Waals surface area contributed by atoms with E-state index in [4.69, 9.17) is 10.7 Å². The fourth-order valence-electron chi connectivity index (χ4n) is 6.72. The van der Waals surface area contributed by atoms with Gasteiger partial charge in [0.15, 0.2) is 0 Å². The van der Waals surface area contributed by atoms with Crippen molar-refractivity contribution < 1.29 is 4.79 Å². The lowest BCUT2D eigenvalue weighted by Gasteiger charge is -2.31. The number of benzene rings is 1. The maximum Gasteiger partial charge on any atom is 0.127 e. The molecule has 2 N–H and O–H groups in total. The van der Waals surface area contributed by atoms with Crippen molar-refractivity contribution in [3.8, 4) is 0 Å². The van der Waals surface area contributed by atoms with E-state index >= 15 is 0 Å². The summed E-state index contributed by atoms with van der Waals surface area (Å²) in [5, 5.41) is 1.35. The van der Waals surface area contributed by atoms with Crippen LogP contribution < -0.4 is 5.73 Å². The summed E-state index contributed by atoms with van der Waals surface area (Å²) >= 11 is 0. The number of pyridine rings is 1. The Morgan fingerprint density at radius 1 is 1.26 bits per heavy atom. The summed E-state index contributed by atoms with van der Waals surface area (Å²) in [4.78, 5) is 19.7. The van der Waals surface area contributed by atoms with E-state index in [0.29, 0.717) is 18.4 Å². The molecule has 4 nitrogen and oxygen atoms in total. The minimum absolute atomic E-state index is 0.109. The molecule has 0 amide bonds. The SMILES string of the molecule is C=C1C(CC)=C(C(C=O)CC)C=C2c3nc4cc(C(C)CC)c(C)c5c4c(c3CN12)C(CN)CC5. The molecule has 35 heavy (non-hydrogen) atoms. The lowest BCUT2D eigenvalue weighted by molar-refractivity contribution is -0.110. The smallest absolute Gasteiger partial charge is 0.127 e. The molecule has 0 fully saturated rings. The fraction of sp³-hybridized carbons (Fsp3) is 0.484. The highest BCUT2D eigenvalue weighted by atomic mass is 16.1. The number of nitrogens with zero attached hydrogens (tertiary/aromatic N) is 2. The van der Waals surface area contributed by atoms with E-state index in [9.17, 15) is 4.79 Å². The lowest BCUT2D eigenvalue weighted by atomic mass is 9.76. The van der Waals surface area contributed by atoms with Crippen LogP contribution in [0.25, 0.3) is 16.6 Å². The number of hydrogen-bond donors (Lipinski definition) is 1. The third-order valence-electron chi connectivity index (χ3n) is 8.95. The number of aryl methyl sites for hydroxylation is 1. The number of hydrogen-bond acceptors (Lipinski definition) is 4. The number of carbonyl (C=O) groups is 1. The standard InChI is InChI=1S/C31H39N3O/c1-7-17(4)24-12-27-30-23(18(24)5)11-10-21(14-32)29(30)26-15-34-19(6)22(9-3)25(20(8-2)16-35)13-28(34)31(26)33-27/h12-13,16-17,20-21H,6-11,14-15,32H2,1-5H3. The second-order valence-corrected chi connectivity index (χ2v) is 10.6. The minimum Gasteiger partial charge on any atom is -0.335 e. The summed E-state index contributed by atoms with van der Waals surface area (Å²) in [5.74, 6) is 0.746. The van der Waals surface area contributed by atoms with Crippen LogP contribution in [0.4, 0.5) is 0 Å². The molecule has 184 valence electrons. The van der Waals surface area contributed by atoms with E-state index in [0.717, 1.165) is 73.1 Å². The predicted octanol–water partition coefficient (Wildman–Crippen LogP) is 6.66. The molecule has 0 radical (unpaired) electrons. The van der Waals surface area contributed by atoms with Gasteiger partial charge < -0.3 is 15.4 Å². The Labute approximate surface area is 210 Å². The molecule has 3 aliphatic rings. The van der Waals surface area contributed by atoms with E-state index in [1.54, 1.807) is 0 Å². The minimum atomic E-state index is -0.109. The summed E-state index contributed by atoms with van der Waals surface area (Å²) in [6.45, 7) is 17.1. The summed E-state index contributed by atoms with van der Waals surface area (Å²) in [5.41, 5.74) is 20.0. The van der Waals surface area contributed by atoms with E-state index in [1.807, 2.05) is 0 Å². The highest BCUT2D eigenvalue weighted by Crippen LogP contribution is 2.50. The topological polar surface area (TPSA) is 59.2 Å². The zero-order valence-electron chi connectivity index (χ0n) is 22.0. The molecule has 2 aromatic rings. The van der Waals surface area contributed by atoms with E-state index < -0.39 is 0 Å². The summed E-state index contributed by atoms with van der Waals surface area (Å²) < 4.78 is 0. The van der Waals surface area contributed by atoms with E-state index in [-0.39, 0.29) is 5.92 Å². The number of allylic oxidation sites excluding steroid dienone is 3. The number of aldehydes is 1. The second kappa shape index (κ2) is 9.05. The van der Waals surface area contributed by atoms with Gasteiger partial charge in [-0.3, -0.25) is 0 Å². The van der Waals surface area contributed by atoms with Gasteiger partial charge in [0.25, 0.3) is 0 Å². The predicted molar refractivity (Wildman–Crippen MR) is 145 cm³/mol. The quantitative estimate of drug-likeness (QED) is 0.461. The van der Waals surface area contributed by atoms with Gasteiger partial charge >= 0.3 is 0 Å². The third kappa shape index (κ3) is 3.44. The molecule has 2 aliphatic heterocycles. The van der Waals surface area contributed by atoms with Gasteiger partial charge in [0.1, 0.15) is 6.29 Å². The zero-order chi connectivity index (χ0) is 25.0. The largest absolute Gasteiger partial charge is 0.335 e. The molecule has 0 saturated heterocycles. The number of carbonyl (C=O) groups excluding carboxylic acids is 1. The maximum atomic E-state index is 12.0. The Morgan fingerprint density at radius 2 is 2.03 bits per heavy atom. The maximum absolute atomic E-state index is 12.0. The van der Waals surface area contributed by atoms with Gasteiger partial charge in [0, 0.05) is 22.6 Å². The molecule has 1 aromatic carbocycles. The average Bonchev–Trinajstić information content (AvgIpc) is 3.25. The van der Waals surface area contributed by atoms with Crippen molar-refractivity contribution in [2.45, 2.75) is 85.1 Å². The lowest BCUT2D eigenvalue weighted by Crippen LogP contribution is -2.23. The van der Waals surface area contributed by atoms with Crippen molar-refractivity contribution in [1.82, 2.24) is 9.88 Å². The Bertz CT molecular complexity index is 1300. The van der Waals surface area contributed by atoms with Crippen LogP contribution in [0.15, 0.2) is 35.6 Å². The van der Waals surface area contributed by atoms with Crippen LogP contribution in [-0.4, -0.2) is 22.7 Å². The van der Waals surface area contributed by atoms with Crippen LogP contribution in [0.2, 0.25) is 0 Å². The number of aromatic nitrogens is 1. The highest BCUT2D eigenvalue weighted by molar-refractivity contribution is 5.94. The van der Waals surface area contributed by atoms with Gasteiger partial charge in [0.05, 0.1) is 23.5 Å². The second-order valence-electron chi connectivity index (χ2n) is 10.6. The fourth-order valence-corrected chi connectivity index (χ4v) is 6.72. The van der Waals surface area contributed by atoms with Gasteiger partial charge in [-0.2, -0.15) is 0 Å². The van der Waals surface area contributed by atoms with Crippen LogP contribution in [-0.2, 0) is 17.8 Å². The molecule has 4 heteroatoms. The van der Waals surface area contributed by atoms with Crippen LogP contribution >= 0.6 is 0 Å². The summed E-state index contributed by atoms with van der Waals surface area (Å²) in [6.07, 6.45) is 8.26. The van der Waals surface area contributed by atoms with E-state index in [1.165, 1.54) is 38.8 Å². The van der Waals surface area contributed by atoms with Crippen LogP contribution in [0.1, 0.15) is 98.7 Å². The van der Waals surface area contributed by atoms with Gasteiger partial charge in [0.2, 0.25) is 0 Å². The summed E-state index contributed by atoms with van der Waals surface area (Å²) in [6, 6.07) is 2.35. The molecule has 1 aromatic heterocycles. The molecule has 0 saturated carbocycles. The van der Waals surface area contributed by atoms with E-state index in [2.05, 4.69) is 58.2 Å². The normalized spacial score (nSPS) is 20.6. The molecule has 3 atom stereocenters. The van der Waals surface area contributed by atoms with Gasteiger partial charge in [-0.05, 0) is 103 Å². The molecule has 5 rings (SSSR count). The highest BCUT2D eigenvalue weighted by Gasteiger charge is 2.38. The van der Waals surface area contributed by atoms with Gasteiger partial charge in [-0.15, -0.1) is 0 Å². The zero-order valence-corrected chi connectivity index (χ0v) is 22.0. The summed E-state index contributed by atoms with van der Waals surface area (Å²) in [7, 11) is 0. The van der Waals surface area contributed by atoms with Crippen molar-refractivity contribution in [1.29, 1.82) is 0 Å². The van der Waals surface area contributed by atoms with Crippen molar-refractivity contribution >= 4 is 22.9 Å². The Balaban J connectivity index is 1.81. The molecule has 1 aliphatic carbocycles.